The summed E-state index contributed by atoms with van der Waals surface area (Å²) < 4.78 is 10.6. The molecular formula is C17H18ClNO3. The molecule has 0 aliphatic carbocycles. The van der Waals surface area contributed by atoms with Gasteiger partial charge in [-0.25, -0.2) is 0 Å². The van der Waals surface area contributed by atoms with E-state index in [2.05, 4.69) is 0 Å². The number of ether oxygens (including phenoxy) is 2. The van der Waals surface area contributed by atoms with E-state index in [0.717, 1.165) is 5.56 Å². The summed E-state index contributed by atoms with van der Waals surface area (Å²) in [5.74, 6) is 1.03. The van der Waals surface area contributed by atoms with E-state index in [0.29, 0.717) is 29.5 Å². The third-order valence-corrected chi connectivity index (χ3v) is 3.27. The predicted molar refractivity (Wildman–Crippen MR) is 86.3 cm³/mol. The van der Waals surface area contributed by atoms with E-state index >= 15 is 0 Å². The van der Waals surface area contributed by atoms with Gasteiger partial charge in [-0.2, -0.15) is 0 Å². The first-order valence-corrected chi connectivity index (χ1v) is 7.41. The largest absolute Gasteiger partial charge is 0.465 e. The smallest absolute Gasteiger partial charge is 0.323 e. The van der Waals surface area contributed by atoms with Crippen LogP contribution in [-0.2, 0) is 16.0 Å². The first-order chi connectivity index (χ1) is 10.6. The number of nitrogens with two attached hydrogens (primary N) is 1. The molecule has 2 rings (SSSR count). The van der Waals surface area contributed by atoms with Crippen molar-refractivity contribution in [3.05, 3.63) is 59.1 Å². The average Bonchev–Trinajstić information content (AvgIpc) is 2.51. The van der Waals surface area contributed by atoms with Gasteiger partial charge < -0.3 is 15.2 Å². The number of hydrogen-bond donors (Lipinski definition) is 1. The average molecular weight is 320 g/mol. The van der Waals surface area contributed by atoms with E-state index in [1.807, 2.05) is 24.3 Å². The van der Waals surface area contributed by atoms with Crippen molar-refractivity contribution >= 4 is 17.6 Å². The van der Waals surface area contributed by atoms with Crippen LogP contribution in [0.15, 0.2) is 48.5 Å². The van der Waals surface area contributed by atoms with Crippen LogP contribution < -0.4 is 10.5 Å². The normalized spacial score (nSPS) is 11.8. The second-order valence-corrected chi connectivity index (χ2v) is 5.20. The summed E-state index contributed by atoms with van der Waals surface area (Å²) in [6.45, 7) is 2.09. The minimum Gasteiger partial charge on any atom is -0.465 e. The topological polar surface area (TPSA) is 61.5 Å². The van der Waals surface area contributed by atoms with Gasteiger partial charge in [0.15, 0.2) is 0 Å². The summed E-state index contributed by atoms with van der Waals surface area (Å²) in [5.41, 5.74) is 6.74. The Labute approximate surface area is 134 Å². The van der Waals surface area contributed by atoms with E-state index in [9.17, 15) is 4.79 Å². The Kier molecular flexibility index (Phi) is 5.81. The Morgan fingerprint density at radius 1 is 1.09 bits per heavy atom. The molecular weight excluding hydrogens is 302 g/mol. The van der Waals surface area contributed by atoms with Crippen molar-refractivity contribution in [3.8, 4) is 11.5 Å². The van der Waals surface area contributed by atoms with Crippen LogP contribution >= 0.6 is 11.6 Å². The maximum Gasteiger partial charge on any atom is 0.323 e. The van der Waals surface area contributed by atoms with E-state index in [4.69, 9.17) is 26.8 Å². The van der Waals surface area contributed by atoms with Crippen LogP contribution in [0.25, 0.3) is 0 Å². The van der Waals surface area contributed by atoms with Crippen molar-refractivity contribution < 1.29 is 14.3 Å². The molecule has 0 spiro atoms. The molecule has 0 saturated heterocycles. The highest BCUT2D eigenvalue weighted by molar-refractivity contribution is 6.30. The van der Waals surface area contributed by atoms with Crippen LogP contribution in [0.2, 0.25) is 5.02 Å². The number of carbonyl (C=O) groups is 1. The lowest BCUT2D eigenvalue weighted by molar-refractivity contribution is -0.144. The lowest BCUT2D eigenvalue weighted by atomic mass is 10.1. The van der Waals surface area contributed by atoms with Crippen molar-refractivity contribution in [1.82, 2.24) is 0 Å². The van der Waals surface area contributed by atoms with E-state index in [1.165, 1.54) is 0 Å². The van der Waals surface area contributed by atoms with Crippen LogP contribution in [0.1, 0.15) is 12.5 Å². The molecule has 0 aliphatic heterocycles. The van der Waals surface area contributed by atoms with Crippen LogP contribution in [0.5, 0.6) is 11.5 Å². The van der Waals surface area contributed by atoms with Crippen molar-refractivity contribution in [3.63, 3.8) is 0 Å². The fraction of sp³-hybridized carbons (Fsp3) is 0.235. The third-order valence-electron chi connectivity index (χ3n) is 3.02. The Balaban J connectivity index is 1.95. The van der Waals surface area contributed by atoms with Crippen molar-refractivity contribution in [2.45, 2.75) is 19.4 Å². The molecule has 0 aromatic heterocycles. The number of hydrogen-bond acceptors (Lipinski definition) is 4. The predicted octanol–water partition coefficient (Wildman–Crippen LogP) is 3.57. The molecule has 5 heteroatoms. The minimum atomic E-state index is -0.650. The maximum atomic E-state index is 11.5. The van der Waals surface area contributed by atoms with Crippen LogP contribution in [0, 0.1) is 0 Å². The molecule has 2 N–H and O–H groups in total. The number of esters is 1. The molecule has 2 aromatic rings. The summed E-state index contributed by atoms with van der Waals surface area (Å²) >= 11 is 5.83. The quantitative estimate of drug-likeness (QED) is 0.827. The van der Waals surface area contributed by atoms with E-state index < -0.39 is 6.04 Å². The molecule has 4 nitrogen and oxygen atoms in total. The summed E-state index contributed by atoms with van der Waals surface area (Å²) in [6, 6.07) is 13.9. The van der Waals surface area contributed by atoms with Crippen molar-refractivity contribution in [1.29, 1.82) is 0 Å². The highest BCUT2D eigenvalue weighted by Gasteiger charge is 2.14. The third kappa shape index (κ3) is 4.76. The molecule has 0 bridgehead atoms. The fourth-order valence-corrected chi connectivity index (χ4v) is 2.04. The molecule has 116 valence electrons. The number of benzene rings is 2. The van der Waals surface area contributed by atoms with Gasteiger partial charge in [0.05, 0.1) is 6.61 Å². The van der Waals surface area contributed by atoms with Gasteiger partial charge >= 0.3 is 5.97 Å². The zero-order valence-corrected chi connectivity index (χ0v) is 13.0. The summed E-state index contributed by atoms with van der Waals surface area (Å²) in [7, 11) is 0. The van der Waals surface area contributed by atoms with Gasteiger partial charge in [-0.15, -0.1) is 0 Å². The molecule has 2 aromatic carbocycles. The van der Waals surface area contributed by atoms with Crippen LogP contribution in [0.4, 0.5) is 0 Å². The molecule has 0 aliphatic rings. The molecule has 1 atom stereocenters. The van der Waals surface area contributed by atoms with Gasteiger partial charge in [-0.3, -0.25) is 4.79 Å². The Hall–Kier alpha value is -2.04. The van der Waals surface area contributed by atoms with Gasteiger partial charge in [0.25, 0.3) is 0 Å². The SMILES string of the molecule is CCOC(=O)C(N)Cc1ccc(Oc2ccc(Cl)cc2)cc1. The van der Waals surface area contributed by atoms with Crippen molar-refractivity contribution in [2.24, 2.45) is 5.73 Å². The van der Waals surface area contributed by atoms with Gasteiger partial charge in [0.2, 0.25) is 0 Å². The zero-order valence-electron chi connectivity index (χ0n) is 12.3. The number of halogens is 1. The first kappa shape index (κ1) is 16.3. The van der Waals surface area contributed by atoms with Crippen LogP contribution in [0.3, 0.4) is 0 Å². The lowest BCUT2D eigenvalue weighted by Crippen LogP contribution is -2.34. The van der Waals surface area contributed by atoms with Crippen LogP contribution in [-0.4, -0.2) is 18.6 Å². The second kappa shape index (κ2) is 7.82. The first-order valence-electron chi connectivity index (χ1n) is 7.03. The minimum absolute atomic E-state index is 0.334. The standard InChI is InChI=1S/C17H18ClNO3/c1-2-21-17(20)16(19)11-12-3-7-14(8-4-12)22-15-9-5-13(18)6-10-15/h3-10,16H,2,11,19H2,1H3. The van der Waals surface area contributed by atoms with Gasteiger partial charge in [0.1, 0.15) is 17.5 Å². The lowest BCUT2D eigenvalue weighted by Gasteiger charge is -2.11. The summed E-state index contributed by atoms with van der Waals surface area (Å²) in [4.78, 5) is 11.5. The van der Waals surface area contributed by atoms with Gasteiger partial charge in [0, 0.05) is 5.02 Å². The monoisotopic (exact) mass is 319 g/mol. The Morgan fingerprint density at radius 2 is 1.64 bits per heavy atom. The molecule has 0 amide bonds. The van der Waals surface area contributed by atoms with E-state index in [-0.39, 0.29) is 5.97 Å². The van der Waals surface area contributed by atoms with Gasteiger partial charge in [-0.05, 0) is 55.3 Å². The Bertz CT molecular complexity index is 611. The zero-order chi connectivity index (χ0) is 15.9. The Morgan fingerprint density at radius 3 is 2.18 bits per heavy atom. The van der Waals surface area contributed by atoms with Gasteiger partial charge in [-0.1, -0.05) is 23.7 Å². The molecule has 0 heterocycles. The molecule has 0 fully saturated rings. The van der Waals surface area contributed by atoms with Crippen molar-refractivity contribution in [2.75, 3.05) is 6.61 Å². The number of carbonyl (C=O) groups excluding carboxylic acids is 1. The second-order valence-electron chi connectivity index (χ2n) is 4.76. The number of rotatable bonds is 6. The molecule has 0 saturated carbocycles. The molecule has 0 radical (unpaired) electrons. The molecule has 1 unspecified atom stereocenters. The molecule has 22 heavy (non-hydrogen) atoms. The highest BCUT2D eigenvalue weighted by atomic mass is 35.5. The fourth-order valence-electron chi connectivity index (χ4n) is 1.92. The maximum absolute atomic E-state index is 11.5. The summed E-state index contributed by atoms with van der Waals surface area (Å²) in [5, 5.41) is 0.663. The highest BCUT2D eigenvalue weighted by Crippen LogP contribution is 2.23. The summed E-state index contributed by atoms with van der Waals surface area (Å²) in [6.07, 6.45) is 0.431. The van der Waals surface area contributed by atoms with E-state index in [1.54, 1.807) is 31.2 Å².